The summed E-state index contributed by atoms with van der Waals surface area (Å²) in [5, 5.41) is 0. The lowest BCUT2D eigenvalue weighted by Gasteiger charge is -2.51. The van der Waals surface area contributed by atoms with Gasteiger partial charge < -0.3 is 14.7 Å². The maximum atomic E-state index is 14.0. The fraction of sp³-hybridized carbons (Fsp3) is 0.552. The zero-order valence-corrected chi connectivity index (χ0v) is 21.1. The number of hydrogen-bond acceptors (Lipinski definition) is 4. The Kier molecular flexibility index (Phi) is 6.79. The number of amides is 1. The van der Waals surface area contributed by atoms with Crippen molar-refractivity contribution in [2.75, 3.05) is 60.4 Å². The Hall–Kier alpha value is -2.21. The van der Waals surface area contributed by atoms with E-state index in [1.54, 1.807) is 0 Å². The van der Waals surface area contributed by atoms with E-state index in [1.807, 2.05) is 0 Å². The van der Waals surface area contributed by atoms with Crippen molar-refractivity contribution in [1.82, 2.24) is 19.6 Å². The van der Waals surface area contributed by atoms with E-state index in [9.17, 15) is 4.79 Å². The zero-order valence-electron chi connectivity index (χ0n) is 21.1. The van der Waals surface area contributed by atoms with E-state index in [-0.39, 0.29) is 11.6 Å². The Morgan fingerprint density at radius 3 is 1.88 bits per heavy atom. The predicted molar refractivity (Wildman–Crippen MR) is 138 cm³/mol. The first-order valence-corrected chi connectivity index (χ1v) is 12.9. The van der Waals surface area contributed by atoms with Crippen LogP contribution in [0.15, 0.2) is 60.7 Å². The first-order valence-electron chi connectivity index (χ1n) is 12.9. The van der Waals surface area contributed by atoms with Crippen LogP contribution in [-0.4, -0.2) is 97.5 Å². The Labute approximate surface area is 205 Å². The molecule has 3 heterocycles. The molecule has 5 heteroatoms. The van der Waals surface area contributed by atoms with Crippen LogP contribution >= 0.6 is 0 Å². The van der Waals surface area contributed by atoms with Crippen LogP contribution in [0.25, 0.3) is 0 Å². The Morgan fingerprint density at radius 1 is 0.853 bits per heavy atom. The van der Waals surface area contributed by atoms with Crippen molar-refractivity contribution < 1.29 is 4.79 Å². The molecule has 34 heavy (non-hydrogen) atoms. The van der Waals surface area contributed by atoms with Gasteiger partial charge in [0.1, 0.15) is 0 Å². The van der Waals surface area contributed by atoms with Gasteiger partial charge in [-0.25, -0.2) is 0 Å². The van der Waals surface area contributed by atoms with Crippen LogP contribution in [0.4, 0.5) is 0 Å². The van der Waals surface area contributed by atoms with Gasteiger partial charge in [-0.1, -0.05) is 60.7 Å². The molecule has 0 N–H and O–H groups in total. The second-order valence-electron chi connectivity index (χ2n) is 11.0. The van der Waals surface area contributed by atoms with Crippen LogP contribution in [0.3, 0.4) is 0 Å². The van der Waals surface area contributed by atoms with Crippen molar-refractivity contribution in [3.8, 4) is 0 Å². The van der Waals surface area contributed by atoms with Crippen LogP contribution in [0.5, 0.6) is 0 Å². The highest BCUT2D eigenvalue weighted by molar-refractivity contribution is 5.79. The van der Waals surface area contributed by atoms with Crippen LogP contribution in [0, 0.1) is 0 Å². The molecule has 4 fully saturated rings. The van der Waals surface area contributed by atoms with Crippen LogP contribution < -0.4 is 0 Å². The number of piperazine rings is 1. The molecule has 3 aliphatic heterocycles. The van der Waals surface area contributed by atoms with Crippen molar-refractivity contribution in [2.45, 2.75) is 42.7 Å². The molecule has 182 valence electrons. The molecule has 2 aromatic rings. The monoisotopic (exact) mass is 460 g/mol. The molecule has 2 aromatic carbocycles. The third-order valence-electron chi connectivity index (χ3n) is 8.88. The molecule has 6 rings (SSSR count). The molecule has 0 aromatic heterocycles. The van der Waals surface area contributed by atoms with Gasteiger partial charge in [0.25, 0.3) is 0 Å². The summed E-state index contributed by atoms with van der Waals surface area (Å²) < 4.78 is 0. The predicted octanol–water partition coefficient (Wildman–Crippen LogP) is 3.50. The molecule has 2 atom stereocenters. The van der Waals surface area contributed by atoms with Gasteiger partial charge in [0.15, 0.2) is 0 Å². The first kappa shape index (κ1) is 23.5. The summed E-state index contributed by atoms with van der Waals surface area (Å²) in [6.07, 6.45) is 3.25. The average Bonchev–Trinajstić information content (AvgIpc) is 3.15. The third-order valence-corrected chi connectivity index (χ3v) is 8.88. The molecule has 1 aliphatic carbocycles. The van der Waals surface area contributed by atoms with Crippen LogP contribution in [-0.2, 0) is 4.79 Å². The number of benzene rings is 2. The summed E-state index contributed by atoms with van der Waals surface area (Å²) in [6, 6.07) is 22.1. The van der Waals surface area contributed by atoms with E-state index < -0.39 is 0 Å². The third kappa shape index (κ3) is 4.53. The van der Waals surface area contributed by atoms with Gasteiger partial charge in [-0.2, -0.15) is 0 Å². The molecule has 1 amide bonds. The highest BCUT2D eigenvalue weighted by Gasteiger charge is 2.53. The van der Waals surface area contributed by atoms with E-state index in [2.05, 4.69) is 101 Å². The minimum Gasteiger partial charge on any atom is -0.337 e. The van der Waals surface area contributed by atoms with E-state index in [4.69, 9.17) is 0 Å². The molecule has 0 radical (unpaired) electrons. The average molecular weight is 461 g/mol. The number of carbonyl (C=O) groups is 1. The molecule has 2 bridgehead atoms. The van der Waals surface area contributed by atoms with Gasteiger partial charge in [0.05, 0.1) is 6.54 Å². The van der Waals surface area contributed by atoms with Gasteiger partial charge in [0, 0.05) is 56.1 Å². The number of nitrogens with zero attached hydrogens (tertiary/aromatic N) is 4. The summed E-state index contributed by atoms with van der Waals surface area (Å²) in [5.74, 6) is 0.982. The summed E-state index contributed by atoms with van der Waals surface area (Å²) >= 11 is 0. The van der Waals surface area contributed by atoms with Crippen molar-refractivity contribution in [3.05, 3.63) is 71.8 Å². The van der Waals surface area contributed by atoms with Crippen LogP contribution in [0.1, 0.15) is 42.2 Å². The highest BCUT2D eigenvalue weighted by Crippen LogP contribution is 2.53. The molecule has 5 nitrogen and oxygen atoms in total. The van der Waals surface area contributed by atoms with E-state index in [0.29, 0.717) is 24.3 Å². The lowest BCUT2D eigenvalue weighted by Crippen LogP contribution is -2.55. The quantitative estimate of drug-likeness (QED) is 0.683. The Balaban J connectivity index is 1.53. The number of carbonyl (C=O) groups excluding carboxylic acids is 1. The smallest absolute Gasteiger partial charge is 0.237 e. The summed E-state index contributed by atoms with van der Waals surface area (Å²) in [5.41, 5.74) is 2.85. The Morgan fingerprint density at radius 2 is 1.38 bits per heavy atom. The van der Waals surface area contributed by atoms with Crippen molar-refractivity contribution in [2.24, 2.45) is 0 Å². The molecular formula is C29H40N4O. The van der Waals surface area contributed by atoms with E-state index >= 15 is 0 Å². The number of likely N-dealkylation sites (N-methyl/N-ethyl adjacent to an activating group) is 1. The fourth-order valence-corrected chi connectivity index (χ4v) is 6.74. The SMILES string of the molecule is CN1CCN(CC(=O)N2CCC3(N(C)C)CC(c4ccccc4)C2C(c2ccccc2)C3)CC1. The van der Waals surface area contributed by atoms with Crippen LogP contribution in [0.2, 0.25) is 0 Å². The second-order valence-corrected chi connectivity index (χ2v) is 11.0. The first-order chi connectivity index (χ1) is 16.5. The van der Waals surface area contributed by atoms with Gasteiger partial charge in [-0.15, -0.1) is 0 Å². The van der Waals surface area contributed by atoms with E-state index in [0.717, 1.165) is 52.0 Å². The minimum absolute atomic E-state index is 0.0976. The van der Waals surface area contributed by atoms with Crippen molar-refractivity contribution in [3.63, 3.8) is 0 Å². The van der Waals surface area contributed by atoms with Crippen molar-refractivity contribution in [1.29, 1.82) is 0 Å². The maximum Gasteiger partial charge on any atom is 0.237 e. The van der Waals surface area contributed by atoms with Gasteiger partial charge >= 0.3 is 0 Å². The maximum absolute atomic E-state index is 14.0. The second kappa shape index (κ2) is 9.80. The lowest BCUT2D eigenvalue weighted by atomic mass is 9.63. The highest BCUT2D eigenvalue weighted by atomic mass is 16.2. The van der Waals surface area contributed by atoms with Gasteiger partial charge in [-0.3, -0.25) is 9.69 Å². The van der Waals surface area contributed by atoms with Gasteiger partial charge in [0.2, 0.25) is 5.91 Å². The summed E-state index contributed by atoms with van der Waals surface area (Å²) in [7, 11) is 6.65. The fourth-order valence-electron chi connectivity index (χ4n) is 6.74. The topological polar surface area (TPSA) is 30.0 Å². The van der Waals surface area contributed by atoms with E-state index in [1.165, 1.54) is 11.1 Å². The number of fused-ring (bicyclic) bond motifs is 4. The number of rotatable bonds is 5. The molecule has 3 saturated heterocycles. The normalized spacial score (nSPS) is 30.5. The molecule has 1 saturated carbocycles. The molecule has 4 aliphatic rings. The molecule has 0 spiro atoms. The summed E-state index contributed by atoms with van der Waals surface area (Å²) in [6.45, 7) is 5.43. The van der Waals surface area contributed by atoms with Crippen molar-refractivity contribution >= 4 is 5.91 Å². The largest absolute Gasteiger partial charge is 0.337 e. The standard InChI is InChI=1S/C29H40N4O/c1-30(2)29-14-15-33(27(34)22-32-18-16-31(3)17-19-32)28(25(20-29)23-10-6-4-7-11-23)26(21-29)24-12-8-5-9-13-24/h4-13,25-26,28H,14-22H2,1-3H3. The molecular weight excluding hydrogens is 420 g/mol. The van der Waals surface area contributed by atoms with Gasteiger partial charge in [-0.05, 0) is 51.5 Å². The Bertz CT molecular complexity index is 905. The lowest BCUT2D eigenvalue weighted by molar-refractivity contribution is -0.136. The minimum atomic E-state index is 0.0976. The number of hydrogen-bond donors (Lipinski definition) is 0. The summed E-state index contributed by atoms with van der Waals surface area (Å²) in [4.78, 5) is 23.4. The molecule has 2 unspecified atom stereocenters. The zero-order chi connectivity index (χ0) is 23.7.